The summed E-state index contributed by atoms with van der Waals surface area (Å²) < 4.78 is 20.6. The van der Waals surface area contributed by atoms with Crippen molar-refractivity contribution in [1.82, 2.24) is 37.4 Å². The van der Waals surface area contributed by atoms with Gasteiger partial charge < -0.3 is 81.3 Å². The largest absolute Gasteiger partial charge is 0.481 e. The van der Waals surface area contributed by atoms with Crippen LogP contribution in [0.3, 0.4) is 0 Å². The van der Waals surface area contributed by atoms with Crippen LogP contribution in [-0.4, -0.2) is 188 Å². The number of unbranched alkanes of at least 4 members (excludes halogenated alkanes) is 14. The quantitative estimate of drug-likeness (QED) is 0.0236. The summed E-state index contributed by atoms with van der Waals surface area (Å²) in [6, 6.07) is -4.56. The van der Waals surface area contributed by atoms with Gasteiger partial charge in [-0.05, 0) is 58.3 Å². The molecule has 0 aromatic rings. The molecule has 2 unspecified atom stereocenters. The van der Waals surface area contributed by atoms with E-state index in [-0.39, 0.29) is 78.1 Å². The van der Waals surface area contributed by atoms with Gasteiger partial charge in [0.15, 0.2) is 0 Å². The molecule has 0 rings (SSSR count). The van der Waals surface area contributed by atoms with Crippen molar-refractivity contribution in [2.24, 2.45) is 0 Å². The number of carboxylic acids is 4. The van der Waals surface area contributed by atoms with Crippen LogP contribution in [-0.2, 0) is 71.7 Å². The van der Waals surface area contributed by atoms with E-state index in [2.05, 4.69) is 31.9 Å². The van der Waals surface area contributed by atoms with Gasteiger partial charge in [0.25, 0.3) is 0 Å². The first-order chi connectivity index (χ1) is 38.0. The van der Waals surface area contributed by atoms with Crippen LogP contribution >= 0.6 is 0 Å². The van der Waals surface area contributed by atoms with E-state index in [1.807, 2.05) is 12.4 Å². The van der Waals surface area contributed by atoms with Crippen molar-refractivity contribution in [1.29, 1.82) is 0 Å². The third-order valence-electron chi connectivity index (χ3n) is 11.7. The van der Waals surface area contributed by atoms with Crippen LogP contribution in [0, 0.1) is 0 Å². The van der Waals surface area contributed by atoms with Crippen LogP contribution in [0.15, 0.2) is 0 Å². The molecule has 0 saturated heterocycles. The lowest BCUT2D eigenvalue weighted by Gasteiger charge is -2.17. The summed E-state index contributed by atoms with van der Waals surface area (Å²) in [4.78, 5) is 126. The fourth-order valence-corrected chi connectivity index (χ4v) is 7.31. The fourth-order valence-electron chi connectivity index (χ4n) is 7.31. The van der Waals surface area contributed by atoms with Gasteiger partial charge in [-0.1, -0.05) is 77.0 Å². The number of carboxylic acid groups (broad SMARTS) is 4. The monoisotopic (exact) mass is 1140 g/mol. The van der Waals surface area contributed by atoms with Crippen LogP contribution in [0.5, 0.6) is 0 Å². The van der Waals surface area contributed by atoms with E-state index in [0.29, 0.717) is 77.9 Å². The van der Waals surface area contributed by atoms with Crippen molar-refractivity contribution in [2.75, 3.05) is 72.5 Å². The highest BCUT2D eigenvalue weighted by molar-refractivity contribution is 5.87. The van der Waals surface area contributed by atoms with E-state index < -0.39 is 78.8 Å². The molecule has 0 saturated carbocycles. The third kappa shape index (κ3) is 51.3. The molecule has 0 bridgehead atoms. The van der Waals surface area contributed by atoms with Crippen molar-refractivity contribution in [2.45, 2.75) is 192 Å². The molecule has 27 heteroatoms. The number of ether oxygens (including phenoxy) is 4. The van der Waals surface area contributed by atoms with Crippen molar-refractivity contribution in [3.05, 3.63) is 0 Å². The van der Waals surface area contributed by atoms with Gasteiger partial charge in [-0.3, -0.25) is 33.6 Å². The van der Waals surface area contributed by atoms with Crippen molar-refractivity contribution in [3.8, 4) is 0 Å². The molecule has 4 atom stereocenters. The molecular formula is C52H95N7O20. The van der Waals surface area contributed by atoms with E-state index in [4.69, 9.17) is 29.3 Å². The molecule has 0 aromatic carbocycles. The highest BCUT2D eigenvalue weighted by Gasteiger charge is 2.25. The molecular weight excluding hydrogens is 1040 g/mol. The summed E-state index contributed by atoms with van der Waals surface area (Å²) in [6.45, 7) is 4.79. The van der Waals surface area contributed by atoms with Crippen molar-refractivity contribution in [3.63, 3.8) is 0 Å². The summed E-state index contributed by atoms with van der Waals surface area (Å²) >= 11 is 0. The molecule has 0 aliphatic carbocycles. The predicted molar refractivity (Wildman–Crippen MR) is 288 cm³/mol. The van der Waals surface area contributed by atoms with E-state index in [9.17, 15) is 68.1 Å². The summed E-state index contributed by atoms with van der Waals surface area (Å²) in [7, 11) is 0. The van der Waals surface area contributed by atoms with Gasteiger partial charge in [-0.25, -0.2) is 14.4 Å². The molecule has 27 nitrogen and oxygen atoms in total. The maximum atomic E-state index is 12.2. The number of hydrogen-bond acceptors (Lipinski definition) is 17. The normalized spacial score (nSPS) is 12.3. The number of carbonyl (C=O) groups excluding carboxylic acids is 7. The summed E-state index contributed by atoms with van der Waals surface area (Å²) in [5.74, 6) is -7.11. The SMILES string of the molecule is CCOCCOCCNC(=O)CC[C@H](NC(=O)CCCCCCCCCCCCCCCCC(=O)O)C(=O)O.O=CNCCOCCOCC(=O)N[C@@H](CCC(=O)NC(CCC(=O)NCCCCC(C=O)NO)C(=O)O)C(=O)O.[HH]. The Kier molecular flexibility index (Phi) is 51.5. The minimum Gasteiger partial charge on any atom is -0.481 e. The average Bonchev–Trinajstić information content (AvgIpc) is 3.41. The van der Waals surface area contributed by atoms with Gasteiger partial charge in [0, 0.05) is 59.8 Å². The van der Waals surface area contributed by atoms with Crippen molar-refractivity contribution < 1.29 is 98.7 Å². The lowest BCUT2D eigenvalue weighted by Crippen LogP contribution is -2.45. The van der Waals surface area contributed by atoms with Crippen LogP contribution in [0.4, 0.5) is 0 Å². The Morgan fingerprint density at radius 1 is 0.430 bits per heavy atom. The lowest BCUT2D eigenvalue weighted by molar-refractivity contribution is -0.144. The van der Waals surface area contributed by atoms with Gasteiger partial charge in [0.2, 0.25) is 35.9 Å². The molecule has 0 fully saturated rings. The number of carbonyl (C=O) groups is 11. The number of nitrogens with one attached hydrogen (secondary N) is 7. The molecule has 0 aliphatic rings. The van der Waals surface area contributed by atoms with Gasteiger partial charge in [0.1, 0.15) is 31.0 Å². The van der Waals surface area contributed by atoms with Gasteiger partial charge >= 0.3 is 23.9 Å². The predicted octanol–water partition coefficient (Wildman–Crippen LogP) is 2.38. The second-order valence-electron chi connectivity index (χ2n) is 18.4. The van der Waals surface area contributed by atoms with Gasteiger partial charge in [0.05, 0.1) is 45.7 Å². The zero-order valence-electron chi connectivity index (χ0n) is 46.3. The zero-order valence-corrected chi connectivity index (χ0v) is 46.3. The maximum Gasteiger partial charge on any atom is 0.326 e. The Hall–Kier alpha value is -5.87. The highest BCUT2D eigenvalue weighted by atomic mass is 16.5. The minimum absolute atomic E-state index is 0. The summed E-state index contributed by atoms with van der Waals surface area (Å²) in [6.07, 6.45) is 17.5. The molecule has 0 aromatic heterocycles. The van der Waals surface area contributed by atoms with Crippen LogP contribution in [0.1, 0.15) is 169 Å². The van der Waals surface area contributed by atoms with Crippen molar-refractivity contribution >= 4 is 66.1 Å². The maximum absolute atomic E-state index is 12.2. The van der Waals surface area contributed by atoms with Crippen LogP contribution in [0.25, 0.3) is 0 Å². The number of aliphatic carboxylic acids is 4. The molecule has 0 spiro atoms. The molecule has 0 heterocycles. The Morgan fingerprint density at radius 3 is 1.28 bits per heavy atom. The molecule has 12 N–H and O–H groups in total. The van der Waals surface area contributed by atoms with E-state index in [1.54, 1.807) is 0 Å². The smallest absolute Gasteiger partial charge is 0.326 e. The average molecular weight is 1140 g/mol. The molecule has 0 aliphatic heterocycles. The van der Waals surface area contributed by atoms with E-state index in [1.165, 1.54) is 44.9 Å². The number of hydroxylamine groups is 1. The first-order valence-corrected chi connectivity index (χ1v) is 27.7. The first-order valence-electron chi connectivity index (χ1n) is 27.7. The van der Waals surface area contributed by atoms with E-state index >= 15 is 0 Å². The first kappa shape index (κ1) is 75.2. The standard InChI is InChI=1S/C29H54N2O8.C23H39N5O12.H2/c1-2-38-23-24-39-22-21-30-26(32)20-19-25(29(36)37)31-27(33)17-15-13-11-9-7-5-3-4-6-8-10-12-14-16-18-28(34)35;29-13-16(28-38)3-1-2-8-25-19(31)6-4-17(22(34)35)26-20(32)7-5-18(23(36)37)27-21(33)14-40-12-11-39-10-9-24-15-30;/h25H,2-24H2,1H3,(H,30,32)(H,31,33)(H,34,35)(H,36,37);13,15-18,28,38H,1-12,14H2,(H,24,30)(H,25,31)(H,26,32)(H,27,33)(H,34,35)(H,36,37);1H/t25-;16?,17?,18-;/m00./s1. The van der Waals surface area contributed by atoms with Crippen LogP contribution in [0.2, 0.25) is 0 Å². The second-order valence-corrected chi connectivity index (χ2v) is 18.4. The number of hydrogen-bond donors (Lipinski definition) is 12. The molecule has 6 amide bonds. The number of aldehydes is 1. The number of rotatable bonds is 55. The topological polar surface area (TPSA) is 410 Å². The molecule has 79 heavy (non-hydrogen) atoms. The highest BCUT2D eigenvalue weighted by Crippen LogP contribution is 2.14. The van der Waals surface area contributed by atoms with Crippen LogP contribution < -0.4 is 37.4 Å². The summed E-state index contributed by atoms with van der Waals surface area (Å²) in [5.41, 5.74) is 1.85. The molecule has 0 radical (unpaired) electrons. The van der Waals surface area contributed by atoms with Gasteiger partial charge in [-0.2, -0.15) is 5.48 Å². The summed E-state index contributed by atoms with van der Waals surface area (Å²) in [5, 5.41) is 60.0. The van der Waals surface area contributed by atoms with E-state index in [0.717, 1.165) is 44.9 Å². The number of amides is 6. The Bertz CT molecular complexity index is 1700. The minimum atomic E-state index is -1.42. The molecule has 458 valence electrons. The Morgan fingerprint density at radius 2 is 0.835 bits per heavy atom. The zero-order chi connectivity index (χ0) is 59.2. The van der Waals surface area contributed by atoms with Gasteiger partial charge in [-0.15, -0.1) is 0 Å². The lowest BCUT2D eigenvalue weighted by atomic mass is 10.0. The Balaban J connectivity index is -0.00000146. The Labute approximate surface area is 465 Å². The second kappa shape index (κ2) is 54.1. The third-order valence-corrected chi connectivity index (χ3v) is 11.7. The fraction of sp³-hybridized carbons (Fsp3) is 0.788.